The van der Waals surface area contributed by atoms with Gasteiger partial charge in [-0.1, -0.05) is 50.9 Å². The molecule has 106 valence electrons. The number of nitrogens with one attached hydrogen (secondary N) is 1. The molecule has 20 heavy (non-hydrogen) atoms. The van der Waals surface area contributed by atoms with E-state index in [4.69, 9.17) is 0 Å². The topological polar surface area (TPSA) is 12.0 Å². The Bertz CT molecular complexity index is 565. The normalized spacial score (nSPS) is 12.4. The Kier molecular flexibility index (Phi) is 5.29. The highest BCUT2D eigenvalue weighted by Crippen LogP contribution is 2.32. The van der Waals surface area contributed by atoms with Crippen LogP contribution in [0.25, 0.3) is 0 Å². The average Bonchev–Trinajstić information content (AvgIpc) is 2.37. The minimum Gasteiger partial charge on any atom is -0.306 e. The van der Waals surface area contributed by atoms with Gasteiger partial charge in [-0.15, -0.1) is 0 Å². The van der Waals surface area contributed by atoms with Crippen LogP contribution in [-0.4, -0.2) is 6.54 Å². The van der Waals surface area contributed by atoms with E-state index in [1.54, 1.807) is 0 Å². The maximum atomic E-state index is 14.0. The van der Waals surface area contributed by atoms with Gasteiger partial charge in [0.05, 0.1) is 6.04 Å². The Morgan fingerprint density at radius 2 is 1.75 bits per heavy atom. The van der Waals surface area contributed by atoms with E-state index in [0.717, 1.165) is 20.6 Å². The van der Waals surface area contributed by atoms with Crippen molar-refractivity contribution in [2.24, 2.45) is 0 Å². The molecule has 0 bridgehead atoms. The molecule has 1 unspecified atom stereocenters. The Morgan fingerprint density at radius 1 is 1.05 bits per heavy atom. The second kappa shape index (κ2) is 6.78. The van der Waals surface area contributed by atoms with Crippen molar-refractivity contribution in [3.8, 4) is 0 Å². The van der Waals surface area contributed by atoms with Crippen molar-refractivity contribution in [2.45, 2.75) is 13.0 Å². The Balaban J connectivity index is 2.50. The van der Waals surface area contributed by atoms with Gasteiger partial charge in [0.2, 0.25) is 0 Å². The van der Waals surface area contributed by atoms with Crippen molar-refractivity contribution in [1.29, 1.82) is 0 Å². The molecule has 5 heteroatoms. The van der Waals surface area contributed by atoms with Crippen molar-refractivity contribution in [3.05, 3.63) is 68.1 Å². The van der Waals surface area contributed by atoms with Gasteiger partial charge in [-0.25, -0.2) is 8.78 Å². The summed E-state index contributed by atoms with van der Waals surface area (Å²) in [5.74, 6) is -1.12. The zero-order valence-electron chi connectivity index (χ0n) is 10.8. The van der Waals surface area contributed by atoms with Gasteiger partial charge in [0.1, 0.15) is 11.6 Å². The van der Waals surface area contributed by atoms with Gasteiger partial charge in [0.15, 0.2) is 0 Å². The number of halogens is 4. The summed E-state index contributed by atoms with van der Waals surface area (Å²) in [4.78, 5) is 0. The first-order valence-corrected chi connectivity index (χ1v) is 7.74. The van der Waals surface area contributed by atoms with Crippen molar-refractivity contribution >= 4 is 31.9 Å². The fourth-order valence-corrected chi connectivity index (χ4v) is 3.34. The molecule has 0 heterocycles. The van der Waals surface area contributed by atoms with Gasteiger partial charge in [-0.2, -0.15) is 0 Å². The van der Waals surface area contributed by atoms with E-state index in [0.29, 0.717) is 12.1 Å². The van der Waals surface area contributed by atoms with Crippen LogP contribution in [0, 0.1) is 11.6 Å². The van der Waals surface area contributed by atoms with Gasteiger partial charge in [0.25, 0.3) is 0 Å². The van der Waals surface area contributed by atoms with E-state index in [2.05, 4.69) is 37.2 Å². The first kappa shape index (κ1) is 15.6. The molecule has 1 atom stereocenters. The smallest absolute Gasteiger partial charge is 0.131 e. The Morgan fingerprint density at radius 3 is 2.35 bits per heavy atom. The summed E-state index contributed by atoms with van der Waals surface area (Å²) in [7, 11) is 0. The molecule has 1 N–H and O–H groups in total. The summed E-state index contributed by atoms with van der Waals surface area (Å²) in [5, 5.41) is 3.23. The highest BCUT2D eigenvalue weighted by molar-refractivity contribution is 9.11. The largest absolute Gasteiger partial charge is 0.306 e. The molecule has 0 radical (unpaired) electrons. The number of benzene rings is 2. The van der Waals surface area contributed by atoms with Crippen molar-refractivity contribution in [2.75, 3.05) is 6.54 Å². The molecular weight excluding hydrogens is 392 g/mol. The first-order chi connectivity index (χ1) is 9.52. The third kappa shape index (κ3) is 3.45. The molecule has 1 nitrogen and oxygen atoms in total. The van der Waals surface area contributed by atoms with Gasteiger partial charge < -0.3 is 5.32 Å². The summed E-state index contributed by atoms with van der Waals surface area (Å²) in [6, 6.07) is 9.04. The molecule has 0 saturated heterocycles. The molecule has 2 aromatic rings. The Labute approximate surface area is 133 Å². The third-order valence-electron chi connectivity index (χ3n) is 2.96. The van der Waals surface area contributed by atoms with Crippen LogP contribution in [0.5, 0.6) is 0 Å². The lowest BCUT2D eigenvalue weighted by Gasteiger charge is -2.21. The minimum atomic E-state index is -0.573. The monoisotopic (exact) mass is 403 g/mol. The maximum absolute atomic E-state index is 14.0. The molecule has 2 aromatic carbocycles. The van der Waals surface area contributed by atoms with Crippen LogP contribution in [-0.2, 0) is 0 Å². The molecule has 0 aliphatic carbocycles. The SMILES string of the molecule is CCNC(c1ccc(F)cc1F)c1ccc(Br)cc1Br. The fraction of sp³-hybridized carbons (Fsp3) is 0.200. The number of hydrogen-bond acceptors (Lipinski definition) is 1. The van der Waals surface area contributed by atoms with Crippen molar-refractivity contribution in [3.63, 3.8) is 0 Å². The lowest BCUT2D eigenvalue weighted by molar-refractivity contribution is 0.540. The maximum Gasteiger partial charge on any atom is 0.131 e. The van der Waals surface area contributed by atoms with Gasteiger partial charge in [-0.05, 0) is 30.3 Å². The van der Waals surface area contributed by atoms with Crippen molar-refractivity contribution in [1.82, 2.24) is 5.32 Å². The van der Waals surface area contributed by atoms with Gasteiger partial charge in [-0.3, -0.25) is 0 Å². The van der Waals surface area contributed by atoms with E-state index in [1.807, 2.05) is 25.1 Å². The minimum absolute atomic E-state index is 0.330. The van der Waals surface area contributed by atoms with Crippen LogP contribution >= 0.6 is 31.9 Å². The zero-order valence-corrected chi connectivity index (χ0v) is 13.9. The van der Waals surface area contributed by atoms with Crippen LogP contribution in [0.4, 0.5) is 8.78 Å². The first-order valence-electron chi connectivity index (χ1n) is 6.16. The Hall–Kier alpha value is -0.780. The van der Waals surface area contributed by atoms with E-state index in [9.17, 15) is 8.78 Å². The average molecular weight is 405 g/mol. The highest BCUT2D eigenvalue weighted by atomic mass is 79.9. The predicted octanol–water partition coefficient (Wildman–Crippen LogP) is 5.19. The van der Waals surface area contributed by atoms with Gasteiger partial charge in [0, 0.05) is 20.6 Å². The summed E-state index contributed by atoms with van der Waals surface area (Å²) in [5.41, 5.74) is 1.33. The second-order valence-corrected chi connectivity index (χ2v) is 6.09. The van der Waals surface area contributed by atoms with E-state index < -0.39 is 11.6 Å². The van der Waals surface area contributed by atoms with Crippen LogP contribution in [0.2, 0.25) is 0 Å². The van der Waals surface area contributed by atoms with Crippen molar-refractivity contribution < 1.29 is 8.78 Å². The van der Waals surface area contributed by atoms with Crippen LogP contribution in [0.15, 0.2) is 45.3 Å². The quantitative estimate of drug-likeness (QED) is 0.739. The summed E-state index contributed by atoms with van der Waals surface area (Å²) in [6.07, 6.45) is 0. The molecule has 2 rings (SSSR count). The highest BCUT2D eigenvalue weighted by Gasteiger charge is 2.19. The van der Waals surface area contributed by atoms with E-state index >= 15 is 0 Å². The molecule has 0 amide bonds. The molecular formula is C15H13Br2F2N. The third-order valence-corrected chi connectivity index (χ3v) is 4.14. The number of rotatable bonds is 4. The second-order valence-electron chi connectivity index (χ2n) is 4.32. The van der Waals surface area contributed by atoms with Crippen LogP contribution in [0.1, 0.15) is 24.1 Å². The van der Waals surface area contributed by atoms with Crippen LogP contribution in [0.3, 0.4) is 0 Å². The predicted molar refractivity (Wildman–Crippen MR) is 83.7 cm³/mol. The lowest BCUT2D eigenvalue weighted by atomic mass is 9.98. The van der Waals surface area contributed by atoms with Crippen LogP contribution < -0.4 is 5.32 Å². The van der Waals surface area contributed by atoms with E-state index in [-0.39, 0.29) is 6.04 Å². The van der Waals surface area contributed by atoms with Gasteiger partial charge >= 0.3 is 0 Å². The molecule has 0 aromatic heterocycles. The van der Waals surface area contributed by atoms with E-state index in [1.165, 1.54) is 12.1 Å². The molecule has 0 spiro atoms. The summed E-state index contributed by atoms with van der Waals surface area (Å²) < 4.78 is 28.9. The summed E-state index contributed by atoms with van der Waals surface area (Å²) in [6.45, 7) is 2.62. The molecule has 0 fully saturated rings. The molecule has 0 saturated carbocycles. The zero-order chi connectivity index (χ0) is 14.7. The lowest BCUT2D eigenvalue weighted by Crippen LogP contribution is -2.23. The molecule has 0 aliphatic heterocycles. The standard InChI is InChI=1S/C15H13Br2F2N/c1-2-20-15(11-5-3-9(16)7-13(11)17)12-6-4-10(18)8-14(12)19/h3-8,15,20H,2H2,1H3. The fourth-order valence-electron chi connectivity index (χ4n) is 2.06. The molecule has 0 aliphatic rings. The summed E-state index contributed by atoms with van der Waals surface area (Å²) >= 11 is 6.88. The number of hydrogen-bond donors (Lipinski definition) is 1.